The number of anilines is 2. The monoisotopic (exact) mass is 326 g/mol. The number of aryl methyl sites for hydroxylation is 1. The Balaban J connectivity index is 2.19. The molecular formula is C13H15BrN2O3. The van der Waals surface area contributed by atoms with Gasteiger partial charge in [0.25, 0.3) is 0 Å². The first kappa shape index (κ1) is 13.9. The number of hydrogen-bond donors (Lipinski definition) is 2. The van der Waals surface area contributed by atoms with Crippen molar-refractivity contribution in [2.45, 2.75) is 26.3 Å². The molecule has 2 N–H and O–H groups in total. The van der Waals surface area contributed by atoms with Crippen LogP contribution in [0.3, 0.4) is 0 Å². The van der Waals surface area contributed by atoms with E-state index in [9.17, 15) is 9.59 Å². The Bertz CT molecular complexity index is 531. The summed E-state index contributed by atoms with van der Waals surface area (Å²) < 4.78 is 5.78. The Morgan fingerprint density at radius 2 is 2.21 bits per heavy atom. The fourth-order valence-corrected chi connectivity index (χ4v) is 2.59. The minimum absolute atomic E-state index is 0.0185. The van der Waals surface area contributed by atoms with Gasteiger partial charge in [-0.3, -0.25) is 9.59 Å². The summed E-state index contributed by atoms with van der Waals surface area (Å²) in [4.78, 5) is 23.4. The number of rotatable bonds is 3. The van der Waals surface area contributed by atoms with Gasteiger partial charge in [-0.1, -0.05) is 15.9 Å². The highest BCUT2D eigenvalue weighted by Gasteiger charge is 2.29. The second-order valence-electron chi connectivity index (χ2n) is 4.34. The van der Waals surface area contributed by atoms with Crippen LogP contribution in [0.25, 0.3) is 0 Å². The molecule has 102 valence electrons. The molecule has 5 nitrogen and oxygen atoms in total. The number of carbonyl (C=O) groups excluding carboxylic acids is 2. The van der Waals surface area contributed by atoms with Crippen LogP contribution < -0.4 is 10.6 Å². The molecular weight excluding hydrogens is 312 g/mol. The zero-order chi connectivity index (χ0) is 14.0. The van der Waals surface area contributed by atoms with E-state index in [0.29, 0.717) is 6.61 Å². The van der Waals surface area contributed by atoms with Crippen LogP contribution in [0.1, 0.15) is 18.9 Å². The zero-order valence-electron chi connectivity index (χ0n) is 10.7. The van der Waals surface area contributed by atoms with E-state index < -0.39 is 6.04 Å². The quantitative estimate of drug-likeness (QED) is 0.837. The third-order valence-corrected chi connectivity index (χ3v) is 3.33. The third kappa shape index (κ3) is 3.07. The molecule has 1 aromatic rings. The third-order valence-electron chi connectivity index (χ3n) is 2.87. The van der Waals surface area contributed by atoms with Gasteiger partial charge < -0.3 is 15.4 Å². The largest absolute Gasteiger partial charge is 0.466 e. The maximum atomic E-state index is 11.9. The SMILES string of the molecule is CCOC(=O)CC1Nc2cc(Br)cc(C)c2NC1=O. The number of carbonyl (C=O) groups is 2. The lowest BCUT2D eigenvalue weighted by Crippen LogP contribution is -2.40. The van der Waals surface area contributed by atoms with Crippen LogP contribution in [-0.4, -0.2) is 24.5 Å². The molecule has 1 aliphatic heterocycles. The first-order valence-electron chi connectivity index (χ1n) is 6.04. The molecule has 1 atom stereocenters. The molecule has 0 aliphatic carbocycles. The van der Waals surface area contributed by atoms with E-state index in [0.717, 1.165) is 21.4 Å². The predicted octanol–water partition coefficient (Wildman–Crippen LogP) is 2.44. The number of amides is 1. The summed E-state index contributed by atoms with van der Waals surface area (Å²) in [5.74, 6) is -0.601. The normalized spacial score (nSPS) is 17.2. The molecule has 19 heavy (non-hydrogen) atoms. The molecule has 1 aliphatic rings. The Morgan fingerprint density at radius 1 is 1.47 bits per heavy atom. The van der Waals surface area contributed by atoms with Crippen LogP contribution in [-0.2, 0) is 14.3 Å². The minimum Gasteiger partial charge on any atom is -0.466 e. The standard InChI is InChI=1S/C13H15BrN2O3/c1-3-19-11(17)6-10-13(18)16-12-7(2)4-8(14)5-9(12)15-10/h4-5,10,15H,3,6H2,1-2H3,(H,16,18). The molecule has 0 saturated heterocycles. The van der Waals surface area contributed by atoms with Crippen molar-refractivity contribution in [2.75, 3.05) is 17.2 Å². The van der Waals surface area contributed by atoms with E-state index in [-0.39, 0.29) is 18.3 Å². The van der Waals surface area contributed by atoms with Crippen molar-refractivity contribution in [3.63, 3.8) is 0 Å². The molecule has 1 aromatic carbocycles. The summed E-state index contributed by atoms with van der Waals surface area (Å²) in [5.41, 5.74) is 2.52. The smallest absolute Gasteiger partial charge is 0.308 e. The summed E-state index contributed by atoms with van der Waals surface area (Å²) in [6.07, 6.45) is 0.0185. The fourth-order valence-electron chi connectivity index (χ4n) is 2.02. The minimum atomic E-state index is -0.597. The Hall–Kier alpha value is -1.56. The number of hydrogen-bond acceptors (Lipinski definition) is 4. The average molecular weight is 327 g/mol. The van der Waals surface area contributed by atoms with Crippen LogP contribution in [0.2, 0.25) is 0 Å². The highest BCUT2D eigenvalue weighted by Crippen LogP contribution is 2.33. The second kappa shape index (κ2) is 5.61. The van der Waals surface area contributed by atoms with Crippen LogP contribution in [0, 0.1) is 6.92 Å². The van der Waals surface area contributed by atoms with Crippen molar-refractivity contribution in [1.29, 1.82) is 0 Å². The molecule has 1 unspecified atom stereocenters. The maximum absolute atomic E-state index is 11.9. The van der Waals surface area contributed by atoms with Gasteiger partial charge in [0, 0.05) is 4.47 Å². The molecule has 2 rings (SSSR count). The van der Waals surface area contributed by atoms with Gasteiger partial charge in [0.1, 0.15) is 6.04 Å². The Labute approximate surface area is 119 Å². The lowest BCUT2D eigenvalue weighted by Gasteiger charge is -2.27. The number of esters is 1. The van der Waals surface area contributed by atoms with Crippen molar-refractivity contribution >= 4 is 39.2 Å². The number of benzene rings is 1. The fraction of sp³-hybridized carbons (Fsp3) is 0.385. The average Bonchev–Trinajstić information content (AvgIpc) is 2.31. The van der Waals surface area contributed by atoms with Gasteiger partial charge in [-0.2, -0.15) is 0 Å². The van der Waals surface area contributed by atoms with E-state index in [1.54, 1.807) is 6.92 Å². The van der Waals surface area contributed by atoms with Crippen molar-refractivity contribution in [3.8, 4) is 0 Å². The number of fused-ring (bicyclic) bond motifs is 1. The summed E-state index contributed by atoms with van der Waals surface area (Å²) >= 11 is 3.41. The number of ether oxygens (including phenoxy) is 1. The highest BCUT2D eigenvalue weighted by atomic mass is 79.9. The summed E-state index contributed by atoms with van der Waals surface area (Å²) in [5, 5.41) is 5.90. The van der Waals surface area contributed by atoms with E-state index in [1.807, 2.05) is 19.1 Å². The van der Waals surface area contributed by atoms with Crippen molar-refractivity contribution < 1.29 is 14.3 Å². The highest BCUT2D eigenvalue weighted by molar-refractivity contribution is 9.10. The molecule has 0 spiro atoms. The molecule has 0 bridgehead atoms. The van der Waals surface area contributed by atoms with Crippen LogP contribution in [0.15, 0.2) is 16.6 Å². The van der Waals surface area contributed by atoms with Crippen molar-refractivity contribution in [2.24, 2.45) is 0 Å². The first-order chi connectivity index (χ1) is 9.01. The maximum Gasteiger partial charge on any atom is 0.308 e. The van der Waals surface area contributed by atoms with E-state index >= 15 is 0 Å². The van der Waals surface area contributed by atoms with Crippen molar-refractivity contribution in [1.82, 2.24) is 0 Å². The van der Waals surface area contributed by atoms with E-state index in [1.165, 1.54) is 0 Å². The van der Waals surface area contributed by atoms with Crippen molar-refractivity contribution in [3.05, 3.63) is 22.2 Å². The van der Waals surface area contributed by atoms with Gasteiger partial charge >= 0.3 is 5.97 Å². The van der Waals surface area contributed by atoms with Gasteiger partial charge in [0.2, 0.25) is 5.91 Å². The molecule has 0 aromatic heterocycles. The predicted molar refractivity (Wildman–Crippen MR) is 76.2 cm³/mol. The summed E-state index contributed by atoms with van der Waals surface area (Å²) in [6.45, 7) is 3.97. The molecule has 0 saturated carbocycles. The zero-order valence-corrected chi connectivity index (χ0v) is 12.3. The molecule has 0 radical (unpaired) electrons. The van der Waals surface area contributed by atoms with Gasteiger partial charge in [-0.15, -0.1) is 0 Å². The lowest BCUT2D eigenvalue weighted by molar-refractivity contribution is -0.144. The molecule has 0 fully saturated rings. The second-order valence-corrected chi connectivity index (χ2v) is 5.26. The summed E-state index contributed by atoms with van der Waals surface area (Å²) in [7, 11) is 0. The number of halogens is 1. The Morgan fingerprint density at radius 3 is 2.89 bits per heavy atom. The topological polar surface area (TPSA) is 67.4 Å². The van der Waals surface area contributed by atoms with Gasteiger partial charge in [0.15, 0.2) is 0 Å². The molecule has 6 heteroatoms. The Kier molecular flexibility index (Phi) is 4.09. The lowest BCUT2D eigenvalue weighted by atomic mass is 10.1. The molecule has 1 amide bonds. The van der Waals surface area contributed by atoms with Crippen LogP contribution >= 0.6 is 15.9 Å². The van der Waals surface area contributed by atoms with Gasteiger partial charge in [-0.05, 0) is 31.5 Å². The van der Waals surface area contributed by atoms with Crippen LogP contribution in [0.4, 0.5) is 11.4 Å². The summed E-state index contributed by atoms with van der Waals surface area (Å²) in [6, 6.07) is 3.20. The first-order valence-corrected chi connectivity index (χ1v) is 6.83. The van der Waals surface area contributed by atoms with Gasteiger partial charge in [0.05, 0.1) is 24.4 Å². The number of nitrogens with one attached hydrogen (secondary N) is 2. The van der Waals surface area contributed by atoms with E-state index in [2.05, 4.69) is 26.6 Å². The van der Waals surface area contributed by atoms with Gasteiger partial charge in [-0.25, -0.2) is 0 Å². The van der Waals surface area contributed by atoms with E-state index in [4.69, 9.17) is 4.74 Å². The van der Waals surface area contributed by atoms with Crippen LogP contribution in [0.5, 0.6) is 0 Å². The molecule has 1 heterocycles.